The number of ether oxygens (including phenoxy) is 1. The Morgan fingerprint density at radius 2 is 1.68 bits per heavy atom. The number of halogens is 1. The summed E-state index contributed by atoms with van der Waals surface area (Å²) in [5.74, 6) is 0.597. The Balaban J connectivity index is 0.00000180. The lowest BCUT2D eigenvalue weighted by Gasteiger charge is -2.04. The highest BCUT2D eigenvalue weighted by molar-refractivity contribution is 5.93. The molecular formula is C14H15ClN2O2. The quantitative estimate of drug-likeness (QED) is 0.301. The lowest BCUT2D eigenvalue weighted by Crippen LogP contribution is -3.00. The van der Waals surface area contributed by atoms with E-state index in [0.717, 1.165) is 11.4 Å². The molecule has 0 spiro atoms. The summed E-state index contributed by atoms with van der Waals surface area (Å²) >= 11 is 0. The number of methoxy groups -OCH3 is 1. The van der Waals surface area contributed by atoms with Crippen molar-refractivity contribution < 1.29 is 27.4 Å². The number of carbonyl (C=O) groups is 1. The van der Waals surface area contributed by atoms with Gasteiger partial charge in [-0.25, -0.2) is 5.43 Å². The van der Waals surface area contributed by atoms with Gasteiger partial charge in [0, 0.05) is 17.7 Å². The van der Waals surface area contributed by atoms with Gasteiger partial charge in [0.05, 0.1) is 7.11 Å². The van der Waals surface area contributed by atoms with Crippen molar-refractivity contribution in [3.05, 3.63) is 60.2 Å². The molecule has 2 aromatic rings. The fourth-order valence-corrected chi connectivity index (χ4v) is 1.52. The zero-order chi connectivity index (χ0) is 12.8. The maximum atomic E-state index is 11.8. The highest BCUT2D eigenvalue weighted by atomic mass is 35.5. The zero-order valence-electron chi connectivity index (χ0n) is 10.5. The van der Waals surface area contributed by atoms with E-state index in [0.29, 0.717) is 5.56 Å². The Hall–Kier alpha value is -2.04. The average Bonchev–Trinajstić information content (AvgIpc) is 2.46. The smallest absolute Gasteiger partial charge is 0.296 e. The van der Waals surface area contributed by atoms with Crippen LogP contribution in [0.3, 0.4) is 0 Å². The molecule has 19 heavy (non-hydrogen) atoms. The number of benzene rings is 2. The van der Waals surface area contributed by atoms with E-state index >= 15 is 0 Å². The number of carbonyl (C=O) groups excluding carboxylic acids is 1. The average molecular weight is 279 g/mol. The lowest BCUT2D eigenvalue weighted by atomic mass is 10.2. The minimum Gasteiger partial charge on any atom is -1.00 e. The molecule has 0 aromatic heterocycles. The number of rotatable bonds is 4. The van der Waals surface area contributed by atoms with Crippen LogP contribution in [0.5, 0.6) is 5.75 Å². The van der Waals surface area contributed by atoms with Crippen molar-refractivity contribution >= 4 is 11.6 Å². The van der Waals surface area contributed by atoms with Crippen LogP contribution in [0.15, 0.2) is 54.6 Å². The summed E-state index contributed by atoms with van der Waals surface area (Å²) in [6, 6.07) is 16.6. The van der Waals surface area contributed by atoms with Crippen LogP contribution in [0.1, 0.15) is 10.4 Å². The van der Waals surface area contributed by atoms with E-state index in [2.05, 4.69) is 5.43 Å². The van der Waals surface area contributed by atoms with Crippen molar-refractivity contribution in [2.24, 2.45) is 0 Å². The molecule has 0 saturated heterocycles. The summed E-state index contributed by atoms with van der Waals surface area (Å²) in [5.41, 5.74) is 5.99. The molecule has 0 radical (unpaired) electrons. The van der Waals surface area contributed by atoms with E-state index in [9.17, 15) is 4.79 Å². The van der Waals surface area contributed by atoms with E-state index in [1.807, 2.05) is 30.3 Å². The van der Waals surface area contributed by atoms with Crippen molar-refractivity contribution in [1.29, 1.82) is 0 Å². The third-order valence-corrected chi connectivity index (χ3v) is 2.52. The van der Waals surface area contributed by atoms with Crippen LogP contribution in [-0.4, -0.2) is 13.0 Å². The number of nitrogens with one attached hydrogen (secondary N) is 1. The first kappa shape index (κ1) is 15.0. The molecule has 2 aromatic carbocycles. The Bertz CT molecular complexity index is 515. The van der Waals surface area contributed by atoms with E-state index < -0.39 is 0 Å². The zero-order valence-corrected chi connectivity index (χ0v) is 11.2. The van der Waals surface area contributed by atoms with Crippen molar-refractivity contribution in [3.63, 3.8) is 0 Å². The minimum absolute atomic E-state index is 0. The van der Waals surface area contributed by atoms with Crippen LogP contribution in [0.2, 0.25) is 0 Å². The number of hydrogen-bond acceptors (Lipinski definition) is 2. The molecule has 0 heterocycles. The van der Waals surface area contributed by atoms with Gasteiger partial charge in [-0.2, -0.15) is 5.43 Å². The topological polar surface area (TPSA) is 54.9 Å². The maximum Gasteiger partial charge on any atom is 0.296 e. The fraction of sp³-hybridized carbons (Fsp3) is 0.0714. The van der Waals surface area contributed by atoms with Crippen molar-refractivity contribution in [1.82, 2.24) is 5.43 Å². The van der Waals surface area contributed by atoms with Crippen LogP contribution in [0, 0.1) is 0 Å². The van der Waals surface area contributed by atoms with Crippen LogP contribution in [0.25, 0.3) is 0 Å². The first-order valence-electron chi connectivity index (χ1n) is 5.63. The largest absolute Gasteiger partial charge is 1.00 e. The second kappa shape index (κ2) is 7.41. The first-order valence-corrected chi connectivity index (χ1v) is 5.63. The highest BCUT2D eigenvalue weighted by Gasteiger charge is 2.07. The molecule has 100 valence electrons. The molecule has 0 aliphatic carbocycles. The van der Waals surface area contributed by atoms with Gasteiger partial charge in [-0.15, -0.1) is 0 Å². The molecule has 0 saturated carbocycles. The Kier molecular flexibility index (Phi) is 5.85. The van der Waals surface area contributed by atoms with E-state index in [1.165, 1.54) is 0 Å². The molecule has 0 bridgehead atoms. The fourth-order valence-electron chi connectivity index (χ4n) is 1.52. The summed E-state index contributed by atoms with van der Waals surface area (Å²) < 4.78 is 5.04. The predicted octanol–water partition coefficient (Wildman–Crippen LogP) is -1.76. The molecule has 2 rings (SSSR count). The van der Waals surface area contributed by atoms with Gasteiger partial charge in [-0.1, -0.05) is 18.2 Å². The number of nitrogens with two attached hydrogens (primary N) is 1. The first-order chi connectivity index (χ1) is 8.79. The van der Waals surface area contributed by atoms with Crippen LogP contribution in [-0.2, 0) is 0 Å². The monoisotopic (exact) mass is 278 g/mol. The predicted molar refractivity (Wildman–Crippen MR) is 68.5 cm³/mol. The maximum absolute atomic E-state index is 11.8. The molecule has 0 aliphatic rings. The molecular weight excluding hydrogens is 264 g/mol. The molecule has 0 aliphatic heterocycles. The van der Waals surface area contributed by atoms with E-state index in [-0.39, 0.29) is 18.3 Å². The van der Waals surface area contributed by atoms with E-state index in [4.69, 9.17) is 4.74 Å². The van der Waals surface area contributed by atoms with Gasteiger partial charge in [0.15, 0.2) is 5.69 Å². The van der Waals surface area contributed by atoms with Crippen molar-refractivity contribution in [2.45, 2.75) is 0 Å². The summed E-state index contributed by atoms with van der Waals surface area (Å²) in [5, 5.41) is 0. The number of hydrogen-bond donors (Lipinski definition) is 2. The van der Waals surface area contributed by atoms with Gasteiger partial charge in [0.1, 0.15) is 5.75 Å². The number of nitrogen functional groups attached to an aromatic ring is 1. The standard InChI is InChI=1S/C14H14N2O2.ClH/c1-18-13-9-7-11(8-10-13)14(17)16-15-12-5-3-2-4-6-12;/h2-10,15H,1H3,(H,16,17);1H. The number of amides is 1. The molecule has 0 unspecified atom stereocenters. The molecule has 4 nitrogen and oxygen atoms in total. The third-order valence-electron chi connectivity index (χ3n) is 2.52. The molecule has 1 amide bonds. The van der Waals surface area contributed by atoms with Crippen molar-refractivity contribution in [2.75, 3.05) is 7.11 Å². The lowest BCUT2D eigenvalue weighted by molar-refractivity contribution is -0.618. The Labute approximate surface area is 118 Å². The second-order valence-corrected chi connectivity index (χ2v) is 3.76. The highest BCUT2D eigenvalue weighted by Crippen LogP contribution is 2.10. The summed E-state index contributed by atoms with van der Waals surface area (Å²) in [6.07, 6.45) is 0. The normalized spacial score (nSPS) is 9.32. The van der Waals surface area contributed by atoms with Gasteiger partial charge >= 0.3 is 0 Å². The number of quaternary nitrogens is 1. The van der Waals surface area contributed by atoms with Gasteiger partial charge in [0.25, 0.3) is 5.91 Å². The second-order valence-electron chi connectivity index (χ2n) is 3.76. The molecule has 0 atom stereocenters. The van der Waals surface area contributed by atoms with E-state index in [1.54, 1.807) is 36.8 Å². The summed E-state index contributed by atoms with van der Waals surface area (Å²) in [7, 11) is 1.60. The SMILES string of the molecule is COc1ccc(C(=O)N[NH2+]c2ccccc2)cc1.[Cl-]. The molecule has 3 N–H and O–H groups in total. The van der Waals surface area contributed by atoms with Crippen molar-refractivity contribution in [3.8, 4) is 5.75 Å². The summed E-state index contributed by atoms with van der Waals surface area (Å²) in [6.45, 7) is 0. The molecule has 5 heteroatoms. The van der Waals surface area contributed by atoms with Gasteiger partial charge in [-0.3, -0.25) is 4.79 Å². The Morgan fingerprint density at radius 3 is 2.26 bits per heavy atom. The van der Waals surface area contributed by atoms with Gasteiger partial charge < -0.3 is 17.1 Å². The minimum atomic E-state index is -0.137. The third kappa shape index (κ3) is 4.28. The molecule has 0 fully saturated rings. The number of para-hydroxylation sites is 1. The van der Waals surface area contributed by atoms with Gasteiger partial charge in [0.2, 0.25) is 0 Å². The van der Waals surface area contributed by atoms with Gasteiger partial charge in [-0.05, 0) is 24.3 Å². The Morgan fingerprint density at radius 1 is 1.05 bits per heavy atom. The summed E-state index contributed by atoms with van der Waals surface area (Å²) in [4.78, 5) is 11.8. The van der Waals surface area contributed by atoms with Crippen LogP contribution < -0.4 is 28.0 Å². The van der Waals surface area contributed by atoms with Crippen LogP contribution >= 0.6 is 0 Å². The van der Waals surface area contributed by atoms with Crippen LogP contribution in [0.4, 0.5) is 5.69 Å².